The Labute approximate surface area is 142 Å². The zero-order valence-electron chi connectivity index (χ0n) is 14.7. The fourth-order valence-electron chi connectivity index (χ4n) is 2.74. The van der Waals surface area contributed by atoms with E-state index in [9.17, 15) is 9.59 Å². The predicted molar refractivity (Wildman–Crippen MR) is 92.3 cm³/mol. The molecule has 6 heteroatoms. The maximum atomic E-state index is 12.2. The molecule has 0 saturated heterocycles. The maximum Gasteiger partial charge on any atom is 0.337 e. The topological polar surface area (TPSA) is 70.7 Å². The summed E-state index contributed by atoms with van der Waals surface area (Å²) >= 11 is 0. The number of nitrogens with one attached hydrogen (secondary N) is 2. The van der Waals surface area contributed by atoms with Crippen LogP contribution in [0.25, 0.3) is 0 Å². The van der Waals surface area contributed by atoms with Crippen LogP contribution in [0.3, 0.4) is 0 Å². The van der Waals surface area contributed by atoms with Gasteiger partial charge in [0, 0.05) is 18.8 Å². The van der Waals surface area contributed by atoms with E-state index < -0.39 is 5.97 Å². The normalized spacial score (nSPS) is 17.5. The largest absolute Gasteiger partial charge is 0.463 e. The van der Waals surface area contributed by atoms with E-state index in [1.165, 1.54) is 11.1 Å². The van der Waals surface area contributed by atoms with Gasteiger partial charge in [0.05, 0.1) is 18.2 Å². The first-order chi connectivity index (χ1) is 11.4. The van der Waals surface area contributed by atoms with Gasteiger partial charge in [0.25, 0.3) is 0 Å². The second-order valence-corrected chi connectivity index (χ2v) is 6.09. The van der Waals surface area contributed by atoms with Gasteiger partial charge in [0.1, 0.15) is 0 Å². The number of amides is 2. The van der Waals surface area contributed by atoms with Gasteiger partial charge in [-0.1, -0.05) is 29.8 Å². The van der Waals surface area contributed by atoms with E-state index in [1.54, 1.807) is 13.8 Å². The molecule has 1 heterocycles. The lowest BCUT2D eigenvalue weighted by atomic mass is 10.0. The second kappa shape index (κ2) is 7.97. The van der Waals surface area contributed by atoms with Crippen LogP contribution in [0.15, 0.2) is 35.5 Å². The predicted octanol–water partition coefficient (Wildman–Crippen LogP) is 1.95. The fourth-order valence-corrected chi connectivity index (χ4v) is 2.74. The summed E-state index contributed by atoms with van der Waals surface area (Å²) in [5.41, 5.74) is 3.47. The van der Waals surface area contributed by atoms with Crippen LogP contribution in [-0.4, -0.2) is 43.1 Å². The van der Waals surface area contributed by atoms with Crippen molar-refractivity contribution in [2.75, 3.05) is 20.2 Å². The van der Waals surface area contributed by atoms with Crippen molar-refractivity contribution in [2.24, 2.45) is 0 Å². The molecule has 130 valence electrons. The lowest BCUT2D eigenvalue weighted by molar-refractivity contribution is -0.139. The Balaban J connectivity index is 2.15. The summed E-state index contributed by atoms with van der Waals surface area (Å²) in [6.45, 7) is 7.08. The molecule has 1 aromatic rings. The van der Waals surface area contributed by atoms with Crippen LogP contribution in [0.5, 0.6) is 0 Å². The highest BCUT2D eigenvalue weighted by Gasteiger charge is 2.29. The van der Waals surface area contributed by atoms with E-state index in [0.717, 1.165) is 6.54 Å². The number of ether oxygens (including phenoxy) is 1. The van der Waals surface area contributed by atoms with E-state index in [0.29, 0.717) is 24.4 Å². The zero-order chi connectivity index (χ0) is 17.7. The van der Waals surface area contributed by atoms with Gasteiger partial charge in [-0.2, -0.15) is 0 Å². The molecule has 0 bridgehead atoms. The molecule has 1 aromatic carbocycles. The third-order valence-electron chi connectivity index (χ3n) is 3.87. The number of esters is 1. The molecule has 2 N–H and O–H groups in total. The Kier molecular flexibility index (Phi) is 5.98. The van der Waals surface area contributed by atoms with Crippen molar-refractivity contribution in [3.8, 4) is 0 Å². The minimum atomic E-state index is -0.392. The van der Waals surface area contributed by atoms with Gasteiger partial charge >= 0.3 is 12.0 Å². The van der Waals surface area contributed by atoms with Crippen LogP contribution < -0.4 is 10.6 Å². The van der Waals surface area contributed by atoms with Crippen molar-refractivity contribution >= 4 is 12.0 Å². The summed E-state index contributed by atoms with van der Waals surface area (Å²) in [6.07, 6.45) is 0. The lowest BCUT2D eigenvalue weighted by Gasteiger charge is -2.29. The van der Waals surface area contributed by atoms with Gasteiger partial charge < -0.3 is 15.4 Å². The zero-order valence-corrected chi connectivity index (χ0v) is 14.7. The summed E-state index contributed by atoms with van der Waals surface area (Å²) in [6, 6.07) is 7.63. The quantitative estimate of drug-likeness (QED) is 0.782. The number of nitrogens with zero attached hydrogens (tertiary/aromatic N) is 1. The number of hydrogen-bond acceptors (Lipinski definition) is 4. The molecule has 1 aliphatic heterocycles. The van der Waals surface area contributed by atoms with Crippen LogP contribution in [0.4, 0.5) is 4.79 Å². The van der Waals surface area contributed by atoms with Gasteiger partial charge in [-0.25, -0.2) is 9.59 Å². The van der Waals surface area contributed by atoms with E-state index >= 15 is 0 Å². The first-order valence-corrected chi connectivity index (χ1v) is 8.12. The number of benzene rings is 1. The Morgan fingerprint density at radius 1 is 1.25 bits per heavy atom. The molecular weight excluding hydrogens is 306 g/mol. The Morgan fingerprint density at radius 3 is 2.54 bits per heavy atom. The third-order valence-corrected chi connectivity index (χ3v) is 3.87. The van der Waals surface area contributed by atoms with Crippen molar-refractivity contribution < 1.29 is 14.3 Å². The minimum absolute atomic E-state index is 0.297. The van der Waals surface area contributed by atoms with Gasteiger partial charge in [-0.3, -0.25) is 4.90 Å². The monoisotopic (exact) mass is 331 g/mol. The minimum Gasteiger partial charge on any atom is -0.463 e. The lowest BCUT2D eigenvalue weighted by Crippen LogP contribution is -2.51. The number of rotatable bonds is 6. The van der Waals surface area contributed by atoms with Crippen LogP contribution in [0, 0.1) is 6.92 Å². The maximum absolute atomic E-state index is 12.2. The molecule has 0 fully saturated rings. The molecule has 0 spiro atoms. The second-order valence-electron chi connectivity index (χ2n) is 6.09. The number of carbonyl (C=O) groups excluding carboxylic acids is 2. The number of urea groups is 1. The average Bonchev–Trinajstić information content (AvgIpc) is 2.49. The van der Waals surface area contributed by atoms with Gasteiger partial charge in [-0.15, -0.1) is 0 Å². The molecule has 2 rings (SSSR count). The Morgan fingerprint density at radius 2 is 1.92 bits per heavy atom. The highest BCUT2D eigenvalue weighted by molar-refractivity contribution is 5.94. The molecule has 1 atom stereocenters. The smallest absolute Gasteiger partial charge is 0.337 e. The van der Waals surface area contributed by atoms with Crippen LogP contribution in [0.1, 0.15) is 25.0 Å². The summed E-state index contributed by atoms with van der Waals surface area (Å²) in [4.78, 5) is 26.0. The van der Waals surface area contributed by atoms with Gasteiger partial charge in [0.15, 0.2) is 0 Å². The van der Waals surface area contributed by atoms with E-state index in [2.05, 4.69) is 46.7 Å². The Bertz CT molecular complexity index is 637. The highest BCUT2D eigenvalue weighted by atomic mass is 16.5. The van der Waals surface area contributed by atoms with E-state index in [1.807, 2.05) is 7.05 Å². The van der Waals surface area contributed by atoms with E-state index in [-0.39, 0.29) is 12.1 Å². The van der Waals surface area contributed by atoms with E-state index in [4.69, 9.17) is 4.74 Å². The molecule has 0 saturated carbocycles. The molecular formula is C18H25N3O3. The molecule has 0 aliphatic carbocycles. The summed E-state index contributed by atoms with van der Waals surface area (Å²) < 4.78 is 5.12. The molecule has 24 heavy (non-hydrogen) atoms. The molecule has 0 unspecified atom stereocenters. The average molecular weight is 331 g/mol. The number of aryl methyl sites for hydroxylation is 1. The number of likely N-dealkylation sites (N-methyl/N-ethyl adjacent to an activating group) is 1. The first-order valence-electron chi connectivity index (χ1n) is 8.12. The standard InChI is InChI=1S/C18H25N3O3/c1-5-24-17(22)16-13(3)19-18(23)20-15(16)11-21(4)10-14-8-6-12(2)7-9-14/h6-9,13H,5,10-11H2,1-4H3,(H2,19,20,23)/t13-/m1/s1. The third kappa shape index (κ3) is 4.58. The molecule has 2 amide bonds. The Hall–Kier alpha value is -2.34. The molecule has 6 nitrogen and oxygen atoms in total. The highest BCUT2D eigenvalue weighted by Crippen LogP contribution is 2.16. The van der Waals surface area contributed by atoms with Crippen LogP contribution in [-0.2, 0) is 16.1 Å². The fraction of sp³-hybridized carbons (Fsp3) is 0.444. The van der Waals surface area contributed by atoms with Gasteiger partial charge in [0.2, 0.25) is 0 Å². The number of hydrogen-bond donors (Lipinski definition) is 2. The van der Waals surface area contributed by atoms with Crippen molar-refractivity contribution in [2.45, 2.75) is 33.4 Å². The number of carbonyl (C=O) groups is 2. The van der Waals surface area contributed by atoms with Crippen molar-refractivity contribution in [1.29, 1.82) is 0 Å². The van der Waals surface area contributed by atoms with Gasteiger partial charge in [-0.05, 0) is 33.4 Å². The summed E-state index contributed by atoms with van der Waals surface area (Å²) in [5.74, 6) is -0.392. The van der Waals surface area contributed by atoms with Crippen molar-refractivity contribution in [3.63, 3.8) is 0 Å². The van der Waals surface area contributed by atoms with Crippen LogP contribution >= 0.6 is 0 Å². The van der Waals surface area contributed by atoms with Crippen molar-refractivity contribution in [3.05, 3.63) is 46.7 Å². The summed E-state index contributed by atoms with van der Waals surface area (Å²) in [5, 5.41) is 5.45. The SMILES string of the molecule is CCOC(=O)C1=C(CN(C)Cc2ccc(C)cc2)NC(=O)N[C@@H]1C. The molecule has 1 aliphatic rings. The molecule has 0 aromatic heterocycles. The molecule has 0 radical (unpaired) electrons. The van der Waals surface area contributed by atoms with Crippen molar-refractivity contribution in [1.82, 2.24) is 15.5 Å². The summed E-state index contributed by atoms with van der Waals surface area (Å²) in [7, 11) is 1.95. The first kappa shape index (κ1) is 18.0. The van der Waals surface area contributed by atoms with Crippen LogP contribution in [0.2, 0.25) is 0 Å².